The minimum atomic E-state index is -0.530. The van der Waals surface area contributed by atoms with Crippen LogP contribution in [0.4, 0.5) is 5.82 Å². The van der Waals surface area contributed by atoms with Crippen molar-refractivity contribution in [1.82, 2.24) is 9.55 Å². The summed E-state index contributed by atoms with van der Waals surface area (Å²) < 4.78 is 1.14. The van der Waals surface area contributed by atoms with Crippen molar-refractivity contribution in [2.45, 2.75) is 6.92 Å². The van der Waals surface area contributed by atoms with Crippen molar-refractivity contribution in [2.24, 2.45) is 4.99 Å². The van der Waals surface area contributed by atoms with E-state index in [0.29, 0.717) is 0 Å². The van der Waals surface area contributed by atoms with E-state index in [-0.39, 0.29) is 11.0 Å². The third-order valence-corrected chi connectivity index (χ3v) is 1.67. The van der Waals surface area contributed by atoms with Crippen LogP contribution in [0.25, 0.3) is 5.16 Å². The predicted molar refractivity (Wildman–Crippen MR) is 57.2 cm³/mol. The standard InChI is InChI=1S/C8H9ClN4O/c1-2-11-5-6(9)13-4-3-7(10)12-8(13)14/h2-5H,1H3,(H2,10,12,14)/b6-5+,11-2?. The molecule has 0 aliphatic carbocycles. The molecule has 14 heavy (non-hydrogen) atoms. The molecule has 0 aliphatic heterocycles. The van der Waals surface area contributed by atoms with Crippen molar-refractivity contribution < 1.29 is 0 Å². The number of anilines is 1. The highest BCUT2D eigenvalue weighted by atomic mass is 35.5. The van der Waals surface area contributed by atoms with E-state index in [4.69, 9.17) is 17.3 Å². The maximum atomic E-state index is 11.2. The van der Waals surface area contributed by atoms with Gasteiger partial charge in [0.25, 0.3) is 0 Å². The second-order valence-corrected chi connectivity index (χ2v) is 2.75. The van der Waals surface area contributed by atoms with Crippen molar-refractivity contribution in [2.75, 3.05) is 5.73 Å². The average Bonchev–Trinajstić information content (AvgIpc) is 2.14. The Morgan fingerprint density at radius 3 is 3.07 bits per heavy atom. The lowest BCUT2D eigenvalue weighted by Crippen LogP contribution is -2.20. The zero-order valence-corrected chi connectivity index (χ0v) is 8.27. The molecule has 2 N–H and O–H groups in total. The van der Waals surface area contributed by atoms with Gasteiger partial charge in [-0.2, -0.15) is 4.98 Å². The molecule has 0 saturated carbocycles. The van der Waals surface area contributed by atoms with Gasteiger partial charge < -0.3 is 5.73 Å². The second-order valence-electron chi connectivity index (χ2n) is 2.36. The van der Waals surface area contributed by atoms with Crippen LogP contribution in [0.3, 0.4) is 0 Å². The van der Waals surface area contributed by atoms with Gasteiger partial charge in [-0.25, -0.2) is 4.79 Å². The molecule has 1 rings (SSSR count). The number of hydrogen-bond donors (Lipinski definition) is 1. The molecule has 6 heteroatoms. The Labute approximate surface area is 85.6 Å². The number of hydrogen-bond acceptors (Lipinski definition) is 4. The Bertz CT molecular complexity index is 435. The lowest BCUT2D eigenvalue weighted by Gasteiger charge is -2.00. The van der Waals surface area contributed by atoms with Gasteiger partial charge in [0.15, 0.2) is 0 Å². The van der Waals surface area contributed by atoms with E-state index in [0.717, 1.165) is 4.57 Å². The van der Waals surface area contributed by atoms with E-state index in [1.54, 1.807) is 13.1 Å². The summed E-state index contributed by atoms with van der Waals surface area (Å²) >= 11 is 5.77. The van der Waals surface area contributed by atoms with Crippen LogP contribution in [0.2, 0.25) is 0 Å². The smallest absolute Gasteiger partial charge is 0.354 e. The van der Waals surface area contributed by atoms with Gasteiger partial charge in [-0.15, -0.1) is 0 Å². The monoisotopic (exact) mass is 212 g/mol. The molecule has 0 radical (unpaired) electrons. The molecule has 0 saturated heterocycles. The first-order chi connectivity index (χ1) is 6.65. The van der Waals surface area contributed by atoms with Gasteiger partial charge in [0.2, 0.25) is 0 Å². The molecule has 1 heterocycles. The SMILES string of the molecule is CC=N/C=C(\Cl)n1ccc(N)nc1=O. The van der Waals surface area contributed by atoms with E-state index in [1.807, 2.05) is 0 Å². The first-order valence-corrected chi connectivity index (χ1v) is 4.22. The maximum Gasteiger partial charge on any atom is 0.354 e. The molecule has 0 unspecified atom stereocenters. The lowest BCUT2D eigenvalue weighted by molar-refractivity contribution is 0.956. The summed E-state index contributed by atoms with van der Waals surface area (Å²) in [5.41, 5.74) is 4.78. The topological polar surface area (TPSA) is 73.3 Å². The molecular weight excluding hydrogens is 204 g/mol. The van der Waals surface area contributed by atoms with Crippen LogP contribution in [-0.4, -0.2) is 15.8 Å². The van der Waals surface area contributed by atoms with E-state index in [9.17, 15) is 4.79 Å². The number of aromatic nitrogens is 2. The maximum absolute atomic E-state index is 11.2. The van der Waals surface area contributed by atoms with Crippen LogP contribution in [0.1, 0.15) is 6.92 Å². The Balaban J connectivity index is 3.14. The third kappa shape index (κ3) is 2.43. The molecule has 0 bridgehead atoms. The van der Waals surface area contributed by atoms with E-state index >= 15 is 0 Å². The highest BCUT2D eigenvalue weighted by molar-refractivity contribution is 6.45. The van der Waals surface area contributed by atoms with Crippen LogP contribution < -0.4 is 11.4 Å². The molecular formula is C8H9ClN4O. The van der Waals surface area contributed by atoms with Gasteiger partial charge >= 0.3 is 5.69 Å². The van der Waals surface area contributed by atoms with Crippen LogP contribution in [0, 0.1) is 0 Å². The highest BCUT2D eigenvalue weighted by Gasteiger charge is 2.00. The Morgan fingerprint density at radius 2 is 2.50 bits per heavy atom. The van der Waals surface area contributed by atoms with Crippen LogP contribution in [0.15, 0.2) is 28.3 Å². The fourth-order valence-electron chi connectivity index (χ4n) is 0.777. The highest BCUT2D eigenvalue weighted by Crippen LogP contribution is 2.06. The fraction of sp³-hybridized carbons (Fsp3) is 0.125. The van der Waals surface area contributed by atoms with Crippen molar-refractivity contribution in [3.63, 3.8) is 0 Å². The summed E-state index contributed by atoms with van der Waals surface area (Å²) in [6.07, 6.45) is 4.34. The molecule has 0 spiro atoms. The molecule has 0 atom stereocenters. The minimum Gasteiger partial charge on any atom is -0.383 e. The number of halogens is 1. The molecule has 0 fully saturated rings. The summed E-state index contributed by atoms with van der Waals surface area (Å²) in [6.45, 7) is 1.74. The fourth-order valence-corrected chi connectivity index (χ4v) is 0.962. The van der Waals surface area contributed by atoms with Crippen molar-refractivity contribution in [1.29, 1.82) is 0 Å². The van der Waals surface area contributed by atoms with Crippen molar-refractivity contribution in [3.05, 3.63) is 28.9 Å². The van der Waals surface area contributed by atoms with Gasteiger partial charge in [0, 0.05) is 12.4 Å². The van der Waals surface area contributed by atoms with E-state index in [2.05, 4.69) is 9.98 Å². The van der Waals surface area contributed by atoms with E-state index < -0.39 is 5.69 Å². The van der Waals surface area contributed by atoms with Crippen LogP contribution >= 0.6 is 11.6 Å². The van der Waals surface area contributed by atoms with Crippen molar-refractivity contribution >= 4 is 28.8 Å². The summed E-state index contributed by atoms with van der Waals surface area (Å²) in [6, 6.07) is 1.48. The summed E-state index contributed by atoms with van der Waals surface area (Å²) in [5.74, 6) is 0.162. The summed E-state index contributed by atoms with van der Waals surface area (Å²) in [4.78, 5) is 18.5. The number of nitrogens with two attached hydrogens (primary N) is 1. The molecule has 1 aromatic heterocycles. The molecule has 1 aromatic rings. The predicted octanol–water partition coefficient (Wildman–Crippen LogP) is 0.911. The molecule has 0 aliphatic rings. The molecule has 0 amide bonds. The summed E-state index contributed by atoms with van der Waals surface area (Å²) in [7, 11) is 0. The minimum absolute atomic E-state index is 0.162. The Morgan fingerprint density at radius 1 is 1.79 bits per heavy atom. The Kier molecular flexibility index (Phi) is 3.41. The van der Waals surface area contributed by atoms with Gasteiger partial charge in [-0.3, -0.25) is 9.56 Å². The molecule has 0 aromatic carbocycles. The van der Waals surface area contributed by atoms with Crippen LogP contribution in [0.5, 0.6) is 0 Å². The van der Waals surface area contributed by atoms with Gasteiger partial charge in [0.05, 0.1) is 6.20 Å². The second kappa shape index (κ2) is 4.57. The quantitative estimate of drug-likeness (QED) is 0.741. The van der Waals surface area contributed by atoms with Gasteiger partial charge in [-0.1, -0.05) is 11.6 Å². The number of rotatable bonds is 2. The lowest BCUT2D eigenvalue weighted by atomic mass is 10.6. The number of aliphatic imine (C=N–C) groups is 1. The first kappa shape index (κ1) is 10.5. The Hall–Kier alpha value is -1.62. The first-order valence-electron chi connectivity index (χ1n) is 3.84. The normalized spacial score (nSPS) is 12.3. The zero-order chi connectivity index (χ0) is 10.6. The molecule has 74 valence electrons. The van der Waals surface area contributed by atoms with Gasteiger partial charge in [0.1, 0.15) is 11.0 Å². The number of nitrogens with zero attached hydrogens (tertiary/aromatic N) is 3. The molecule has 5 nitrogen and oxygen atoms in total. The van der Waals surface area contributed by atoms with Crippen molar-refractivity contribution in [3.8, 4) is 0 Å². The van der Waals surface area contributed by atoms with Crippen LogP contribution in [-0.2, 0) is 0 Å². The zero-order valence-electron chi connectivity index (χ0n) is 7.51. The summed E-state index contributed by atoms with van der Waals surface area (Å²) in [5, 5.41) is 0.167. The van der Waals surface area contributed by atoms with E-state index in [1.165, 1.54) is 18.5 Å². The number of nitrogen functional groups attached to an aromatic ring is 1. The average molecular weight is 213 g/mol. The third-order valence-electron chi connectivity index (χ3n) is 1.39. The van der Waals surface area contributed by atoms with Gasteiger partial charge in [-0.05, 0) is 13.0 Å². The largest absolute Gasteiger partial charge is 0.383 e.